The molecule has 4 nitrogen and oxygen atoms in total. The molecular weight excluding hydrogens is 304 g/mol. The molecule has 3 rings (SSSR count). The van der Waals surface area contributed by atoms with Crippen LogP contribution in [0.4, 0.5) is 16.5 Å². The van der Waals surface area contributed by atoms with Crippen LogP contribution in [-0.2, 0) is 13.0 Å². The first-order chi connectivity index (χ1) is 11.3. The lowest BCUT2D eigenvalue weighted by atomic mass is 10.1. The Labute approximate surface area is 140 Å². The molecule has 0 radical (unpaired) electrons. The van der Waals surface area contributed by atoms with E-state index < -0.39 is 0 Å². The molecule has 0 saturated heterocycles. The lowest BCUT2D eigenvalue weighted by Crippen LogP contribution is -2.04. The molecule has 23 heavy (non-hydrogen) atoms. The van der Waals surface area contributed by atoms with Crippen molar-refractivity contribution in [2.75, 3.05) is 10.6 Å². The van der Waals surface area contributed by atoms with Gasteiger partial charge in [0.2, 0.25) is 0 Å². The molecule has 0 saturated carbocycles. The molecule has 0 aliphatic rings. The van der Waals surface area contributed by atoms with Gasteiger partial charge >= 0.3 is 0 Å². The summed E-state index contributed by atoms with van der Waals surface area (Å²) in [6.07, 6.45) is 2.80. The van der Waals surface area contributed by atoms with Gasteiger partial charge in [0.1, 0.15) is 10.8 Å². The second kappa shape index (κ2) is 7.24. The molecule has 0 aliphatic carbocycles. The zero-order chi connectivity index (χ0) is 16.1. The van der Waals surface area contributed by atoms with Crippen molar-refractivity contribution in [1.82, 2.24) is 9.36 Å². The van der Waals surface area contributed by atoms with Gasteiger partial charge in [0.15, 0.2) is 0 Å². The largest absolute Gasteiger partial charge is 0.381 e. The highest BCUT2D eigenvalue weighted by molar-refractivity contribution is 7.10. The van der Waals surface area contributed by atoms with Crippen molar-refractivity contribution in [2.24, 2.45) is 0 Å². The first-order valence-corrected chi connectivity index (χ1v) is 8.50. The fourth-order valence-electron chi connectivity index (χ4n) is 2.43. The third kappa shape index (κ3) is 3.68. The van der Waals surface area contributed by atoms with Crippen LogP contribution in [0.5, 0.6) is 0 Å². The van der Waals surface area contributed by atoms with E-state index >= 15 is 0 Å². The molecule has 2 aromatic heterocycles. The molecule has 0 aliphatic heterocycles. The van der Waals surface area contributed by atoms with Gasteiger partial charge in [-0.05, 0) is 48.6 Å². The molecule has 118 valence electrons. The van der Waals surface area contributed by atoms with Crippen LogP contribution in [0.3, 0.4) is 0 Å². The Morgan fingerprint density at radius 1 is 1.09 bits per heavy atom. The van der Waals surface area contributed by atoms with Gasteiger partial charge in [0.25, 0.3) is 0 Å². The number of pyridine rings is 1. The van der Waals surface area contributed by atoms with Gasteiger partial charge in [0, 0.05) is 24.0 Å². The predicted molar refractivity (Wildman–Crippen MR) is 97.5 cm³/mol. The highest BCUT2D eigenvalue weighted by Gasteiger charge is 2.11. The number of nitrogens with zero attached hydrogens (tertiary/aromatic N) is 2. The topological polar surface area (TPSA) is 49.8 Å². The molecule has 0 fully saturated rings. The number of anilines is 3. The van der Waals surface area contributed by atoms with Crippen LogP contribution in [0.15, 0.2) is 48.7 Å². The molecule has 2 heterocycles. The Morgan fingerprint density at radius 2 is 1.91 bits per heavy atom. The molecule has 0 atom stereocenters. The van der Waals surface area contributed by atoms with Crippen LogP contribution < -0.4 is 10.6 Å². The highest BCUT2D eigenvalue weighted by atomic mass is 32.1. The highest BCUT2D eigenvalue weighted by Crippen LogP contribution is 2.28. The molecule has 1 aromatic carbocycles. The lowest BCUT2D eigenvalue weighted by Gasteiger charge is -2.12. The summed E-state index contributed by atoms with van der Waals surface area (Å²) in [5, 5.41) is 7.95. The van der Waals surface area contributed by atoms with Crippen LogP contribution in [0.25, 0.3) is 0 Å². The van der Waals surface area contributed by atoms with Crippen LogP contribution in [-0.4, -0.2) is 9.36 Å². The molecular formula is C18H20N4S. The number of rotatable bonds is 6. The molecule has 0 unspecified atom stereocenters. The summed E-state index contributed by atoms with van der Waals surface area (Å²) >= 11 is 1.47. The Kier molecular flexibility index (Phi) is 4.88. The first kappa shape index (κ1) is 15.5. The minimum absolute atomic E-state index is 0.745. The smallest absolute Gasteiger partial charge is 0.130 e. The van der Waals surface area contributed by atoms with Gasteiger partial charge in [-0.3, -0.25) is 0 Å². The van der Waals surface area contributed by atoms with Crippen LogP contribution in [0.1, 0.15) is 23.7 Å². The van der Waals surface area contributed by atoms with E-state index in [0.29, 0.717) is 0 Å². The van der Waals surface area contributed by atoms with Gasteiger partial charge in [-0.15, -0.1) is 0 Å². The van der Waals surface area contributed by atoms with E-state index in [1.807, 2.05) is 25.1 Å². The van der Waals surface area contributed by atoms with Crippen LogP contribution in [0.2, 0.25) is 0 Å². The van der Waals surface area contributed by atoms with Crippen LogP contribution in [0, 0.1) is 6.92 Å². The second-order valence-corrected chi connectivity index (χ2v) is 6.05. The SMILES string of the molecule is CCc1ccccc1NCc1c(C)nsc1Nc1ccccn1. The van der Waals surface area contributed by atoms with E-state index in [-0.39, 0.29) is 0 Å². The van der Waals surface area contributed by atoms with Crippen LogP contribution >= 0.6 is 11.5 Å². The summed E-state index contributed by atoms with van der Waals surface area (Å²) in [5.41, 5.74) is 4.75. The first-order valence-electron chi connectivity index (χ1n) is 7.73. The number of aromatic nitrogens is 2. The van der Waals surface area contributed by atoms with Crippen molar-refractivity contribution in [3.05, 3.63) is 65.5 Å². The minimum atomic E-state index is 0.745. The molecule has 2 N–H and O–H groups in total. The summed E-state index contributed by atoms with van der Waals surface area (Å²) in [7, 11) is 0. The zero-order valence-electron chi connectivity index (χ0n) is 13.3. The third-order valence-corrected chi connectivity index (χ3v) is 4.64. The monoisotopic (exact) mass is 324 g/mol. The normalized spacial score (nSPS) is 10.5. The minimum Gasteiger partial charge on any atom is -0.381 e. The van der Waals surface area contributed by atoms with E-state index in [0.717, 1.165) is 29.5 Å². The predicted octanol–water partition coefficient (Wildman–Crippen LogP) is 4.76. The van der Waals surface area contributed by atoms with Crippen molar-refractivity contribution < 1.29 is 0 Å². The number of para-hydroxylation sites is 1. The Morgan fingerprint density at radius 3 is 2.70 bits per heavy atom. The van der Waals surface area contributed by atoms with Crippen molar-refractivity contribution in [1.29, 1.82) is 0 Å². The zero-order valence-corrected chi connectivity index (χ0v) is 14.2. The summed E-state index contributed by atoms with van der Waals surface area (Å²) in [5.74, 6) is 0.839. The molecule has 0 bridgehead atoms. The molecule has 0 spiro atoms. The number of hydrogen-bond donors (Lipinski definition) is 2. The average Bonchev–Trinajstić information content (AvgIpc) is 2.94. The second-order valence-electron chi connectivity index (χ2n) is 5.28. The number of aryl methyl sites for hydroxylation is 2. The summed E-state index contributed by atoms with van der Waals surface area (Å²) in [6, 6.07) is 14.3. The van der Waals surface area contributed by atoms with Gasteiger partial charge in [0.05, 0.1) is 5.69 Å². The van der Waals surface area contributed by atoms with Crippen molar-refractivity contribution >= 4 is 28.0 Å². The van der Waals surface area contributed by atoms with Crippen molar-refractivity contribution in [2.45, 2.75) is 26.8 Å². The van der Waals surface area contributed by atoms with E-state index in [9.17, 15) is 0 Å². The fourth-order valence-corrected chi connectivity index (χ4v) is 3.25. The fraction of sp³-hybridized carbons (Fsp3) is 0.222. The Bertz CT molecular complexity index is 768. The Balaban J connectivity index is 1.77. The van der Waals surface area contributed by atoms with Gasteiger partial charge in [-0.2, -0.15) is 4.37 Å². The summed E-state index contributed by atoms with van der Waals surface area (Å²) in [6.45, 7) is 4.96. The molecule has 0 amide bonds. The van der Waals surface area contributed by atoms with Gasteiger partial charge in [-0.1, -0.05) is 31.2 Å². The lowest BCUT2D eigenvalue weighted by molar-refractivity contribution is 1.08. The third-order valence-electron chi connectivity index (χ3n) is 3.75. The number of benzene rings is 1. The van der Waals surface area contributed by atoms with E-state index in [4.69, 9.17) is 0 Å². The number of nitrogens with one attached hydrogen (secondary N) is 2. The van der Waals surface area contributed by atoms with Gasteiger partial charge < -0.3 is 10.6 Å². The summed E-state index contributed by atoms with van der Waals surface area (Å²) in [4.78, 5) is 4.32. The Hall–Kier alpha value is -2.40. The summed E-state index contributed by atoms with van der Waals surface area (Å²) < 4.78 is 4.48. The average molecular weight is 324 g/mol. The molecule has 5 heteroatoms. The molecule has 3 aromatic rings. The number of hydrogen-bond acceptors (Lipinski definition) is 5. The standard InChI is InChI=1S/C18H20N4S/c1-3-14-8-4-5-9-16(14)20-12-15-13(2)22-23-18(15)21-17-10-6-7-11-19-17/h4-11,20H,3,12H2,1-2H3,(H,19,21). The van der Waals surface area contributed by atoms with Crippen molar-refractivity contribution in [3.8, 4) is 0 Å². The van der Waals surface area contributed by atoms with Gasteiger partial charge in [-0.25, -0.2) is 4.98 Å². The quantitative estimate of drug-likeness (QED) is 0.686. The van der Waals surface area contributed by atoms with E-state index in [1.165, 1.54) is 28.3 Å². The van der Waals surface area contributed by atoms with Crippen molar-refractivity contribution in [3.63, 3.8) is 0 Å². The maximum absolute atomic E-state index is 4.48. The van der Waals surface area contributed by atoms with E-state index in [1.54, 1.807) is 6.20 Å². The van der Waals surface area contributed by atoms with E-state index in [2.05, 4.69) is 51.2 Å². The maximum atomic E-state index is 4.48. The maximum Gasteiger partial charge on any atom is 0.130 e.